The van der Waals surface area contributed by atoms with E-state index in [0.29, 0.717) is 17.1 Å². The molecule has 0 spiro atoms. The highest BCUT2D eigenvalue weighted by Gasteiger charge is 2.08. The molecule has 28 heavy (non-hydrogen) atoms. The molecule has 2 rings (SSSR count). The Kier molecular flexibility index (Phi) is 7.15. The number of anilines is 2. The molecule has 146 valence electrons. The van der Waals surface area contributed by atoms with E-state index in [1.807, 2.05) is 0 Å². The Labute approximate surface area is 162 Å². The Morgan fingerprint density at radius 2 is 1.68 bits per heavy atom. The van der Waals surface area contributed by atoms with Gasteiger partial charge in [-0.25, -0.2) is 0 Å². The summed E-state index contributed by atoms with van der Waals surface area (Å²) in [4.78, 5) is 34.0. The minimum absolute atomic E-state index is 0.152. The predicted octanol–water partition coefficient (Wildman–Crippen LogP) is 2.17. The fourth-order valence-electron chi connectivity index (χ4n) is 2.25. The van der Waals surface area contributed by atoms with E-state index in [4.69, 9.17) is 15.2 Å². The summed E-state index contributed by atoms with van der Waals surface area (Å²) < 4.78 is 10.4. The molecule has 8 nitrogen and oxygen atoms in total. The lowest BCUT2D eigenvalue weighted by atomic mass is 10.2. The lowest BCUT2D eigenvalue weighted by Gasteiger charge is -2.11. The van der Waals surface area contributed by atoms with Crippen molar-refractivity contribution in [1.82, 2.24) is 0 Å². The van der Waals surface area contributed by atoms with Gasteiger partial charge in [-0.15, -0.1) is 0 Å². The number of benzene rings is 2. The third-order valence-electron chi connectivity index (χ3n) is 3.46. The van der Waals surface area contributed by atoms with Crippen LogP contribution in [0.5, 0.6) is 11.5 Å². The van der Waals surface area contributed by atoms with Crippen LogP contribution in [0.2, 0.25) is 0 Å². The first-order chi connectivity index (χ1) is 13.4. The van der Waals surface area contributed by atoms with Crippen LogP contribution in [0.3, 0.4) is 0 Å². The van der Waals surface area contributed by atoms with Crippen LogP contribution >= 0.6 is 0 Å². The van der Waals surface area contributed by atoms with Crippen molar-refractivity contribution in [2.75, 3.05) is 24.4 Å². The van der Waals surface area contributed by atoms with Gasteiger partial charge in [0.25, 0.3) is 5.91 Å². The van der Waals surface area contributed by atoms with Gasteiger partial charge in [-0.05, 0) is 35.9 Å². The predicted molar refractivity (Wildman–Crippen MR) is 106 cm³/mol. The highest BCUT2D eigenvalue weighted by molar-refractivity contribution is 6.02. The average molecular weight is 383 g/mol. The molecule has 0 atom stereocenters. The molecule has 0 saturated carbocycles. The van der Waals surface area contributed by atoms with Gasteiger partial charge in [0, 0.05) is 30.4 Å². The summed E-state index contributed by atoms with van der Waals surface area (Å²) in [5.41, 5.74) is 7.02. The number of carbonyl (C=O) groups excluding carboxylic acids is 3. The van der Waals surface area contributed by atoms with Crippen LogP contribution in [-0.4, -0.2) is 31.4 Å². The first-order valence-corrected chi connectivity index (χ1v) is 8.33. The summed E-state index contributed by atoms with van der Waals surface area (Å²) in [5.74, 6) is -0.423. The number of methoxy groups -OCH3 is 1. The summed E-state index contributed by atoms with van der Waals surface area (Å²) in [6.07, 6.45) is 3.02. The SMILES string of the molecule is COc1ccc(NC(=O)C=Cc2ccc(NC(C)=O)cc2)cc1OCC(N)=O. The van der Waals surface area contributed by atoms with E-state index < -0.39 is 5.91 Å². The zero-order valence-electron chi connectivity index (χ0n) is 15.5. The van der Waals surface area contributed by atoms with Crippen molar-refractivity contribution in [2.24, 2.45) is 5.73 Å². The Morgan fingerprint density at radius 1 is 1.00 bits per heavy atom. The maximum absolute atomic E-state index is 12.1. The number of hydrogen-bond acceptors (Lipinski definition) is 5. The molecule has 2 aromatic carbocycles. The molecule has 2 aromatic rings. The summed E-state index contributed by atoms with van der Waals surface area (Å²) in [7, 11) is 1.46. The van der Waals surface area contributed by atoms with Crippen LogP contribution in [0.15, 0.2) is 48.5 Å². The molecule has 8 heteroatoms. The molecule has 3 amide bonds. The number of amides is 3. The van der Waals surface area contributed by atoms with Crippen LogP contribution in [0.25, 0.3) is 6.08 Å². The Hall–Kier alpha value is -3.81. The Bertz CT molecular complexity index is 891. The molecule has 0 aliphatic carbocycles. The topological polar surface area (TPSA) is 120 Å². The summed E-state index contributed by atoms with van der Waals surface area (Å²) in [6, 6.07) is 11.8. The molecule has 0 aromatic heterocycles. The molecule has 0 aliphatic rings. The molecule has 0 bridgehead atoms. The summed E-state index contributed by atoms with van der Waals surface area (Å²) in [6.45, 7) is 1.13. The van der Waals surface area contributed by atoms with Crippen molar-refractivity contribution in [3.8, 4) is 11.5 Å². The second-order valence-electron chi connectivity index (χ2n) is 5.75. The standard InChI is InChI=1S/C20H21N3O5/c1-13(24)22-15-6-3-14(4-7-15)5-10-20(26)23-16-8-9-17(27-2)18(11-16)28-12-19(21)25/h3-11H,12H2,1-2H3,(H2,21,25)(H,22,24)(H,23,26). The van der Waals surface area contributed by atoms with Crippen molar-refractivity contribution >= 4 is 35.2 Å². The van der Waals surface area contributed by atoms with E-state index in [2.05, 4.69) is 10.6 Å². The number of nitrogens with two attached hydrogens (primary N) is 1. The number of primary amides is 1. The minimum atomic E-state index is -0.621. The molecule has 0 radical (unpaired) electrons. The van der Waals surface area contributed by atoms with E-state index in [-0.39, 0.29) is 24.2 Å². The van der Waals surface area contributed by atoms with E-state index in [9.17, 15) is 14.4 Å². The maximum atomic E-state index is 12.1. The van der Waals surface area contributed by atoms with Crippen LogP contribution in [0, 0.1) is 0 Å². The quantitative estimate of drug-likeness (QED) is 0.604. The lowest BCUT2D eigenvalue weighted by Crippen LogP contribution is -2.20. The van der Waals surface area contributed by atoms with Crippen molar-refractivity contribution in [1.29, 1.82) is 0 Å². The number of nitrogens with one attached hydrogen (secondary N) is 2. The van der Waals surface area contributed by atoms with Crippen LogP contribution in [-0.2, 0) is 14.4 Å². The van der Waals surface area contributed by atoms with E-state index >= 15 is 0 Å². The number of ether oxygens (including phenoxy) is 2. The average Bonchev–Trinajstić information content (AvgIpc) is 2.65. The van der Waals surface area contributed by atoms with Crippen molar-refractivity contribution in [3.05, 3.63) is 54.1 Å². The Balaban J connectivity index is 2.01. The molecule has 0 aliphatic heterocycles. The van der Waals surface area contributed by atoms with Gasteiger partial charge in [0.05, 0.1) is 7.11 Å². The van der Waals surface area contributed by atoms with Crippen LogP contribution in [0.4, 0.5) is 11.4 Å². The van der Waals surface area contributed by atoms with E-state index in [1.54, 1.807) is 42.5 Å². The highest BCUT2D eigenvalue weighted by atomic mass is 16.5. The van der Waals surface area contributed by atoms with Crippen LogP contribution < -0.4 is 25.8 Å². The Morgan fingerprint density at radius 3 is 2.29 bits per heavy atom. The highest BCUT2D eigenvalue weighted by Crippen LogP contribution is 2.30. The minimum Gasteiger partial charge on any atom is -0.493 e. The van der Waals surface area contributed by atoms with Crippen molar-refractivity contribution in [3.63, 3.8) is 0 Å². The van der Waals surface area contributed by atoms with Gasteiger partial charge in [-0.3, -0.25) is 14.4 Å². The summed E-state index contributed by atoms with van der Waals surface area (Å²) >= 11 is 0. The van der Waals surface area contributed by atoms with Gasteiger partial charge in [-0.2, -0.15) is 0 Å². The third kappa shape index (κ3) is 6.49. The molecular formula is C20H21N3O5. The monoisotopic (exact) mass is 383 g/mol. The lowest BCUT2D eigenvalue weighted by molar-refractivity contribution is -0.120. The largest absolute Gasteiger partial charge is 0.493 e. The van der Waals surface area contributed by atoms with Crippen LogP contribution in [0.1, 0.15) is 12.5 Å². The van der Waals surface area contributed by atoms with Gasteiger partial charge in [-0.1, -0.05) is 12.1 Å². The fourth-order valence-corrected chi connectivity index (χ4v) is 2.25. The summed E-state index contributed by atoms with van der Waals surface area (Å²) in [5, 5.41) is 5.36. The van der Waals surface area contributed by atoms with E-state index in [1.165, 1.54) is 26.2 Å². The first-order valence-electron chi connectivity index (χ1n) is 8.33. The second kappa shape index (κ2) is 9.77. The van der Waals surface area contributed by atoms with Gasteiger partial charge < -0.3 is 25.8 Å². The van der Waals surface area contributed by atoms with Crippen molar-refractivity contribution in [2.45, 2.75) is 6.92 Å². The van der Waals surface area contributed by atoms with Gasteiger partial charge >= 0.3 is 0 Å². The smallest absolute Gasteiger partial charge is 0.255 e. The zero-order chi connectivity index (χ0) is 20.5. The molecule has 0 unspecified atom stereocenters. The first kappa shape index (κ1) is 20.5. The number of carbonyl (C=O) groups is 3. The van der Waals surface area contributed by atoms with E-state index in [0.717, 1.165) is 5.56 Å². The zero-order valence-corrected chi connectivity index (χ0v) is 15.5. The second-order valence-corrected chi connectivity index (χ2v) is 5.75. The normalized spacial score (nSPS) is 10.4. The van der Waals surface area contributed by atoms with Gasteiger partial charge in [0.1, 0.15) is 0 Å². The fraction of sp³-hybridized carbons (Fsp3) is 0.150. The molecule has 4 N–H and O–H groups in total. The maximum Gasteiger partial charge on any atom is 0.255 e. The number of hydrogen-bond donors (Lipinski definition) is 3. The molecule has 0 fully saturated rings. The molecular weight excluding hydrogens is 362 g/mol. The van der Waals surface area contributed by atoms with Gasteiger partial charge in [0.15, 0.2) is 18.1 Å². The van der Waals surface area contributed by atoms with Crippen molar-refractivity contribution < 1.29 is 23.9 Å². The molecule has 0 heterocycles. The molecule has 0 saturated heterocycles. The van der Waals surface area contributed by atoms with Gasteiger partial charge in [0.2, 0.25) is 11.8 Å². The third-order valence-corrected chi connectivity index (χ3v) is 3.46. The number of rotatable bonds is 8.